The summed E-state index contributed by atoms with van der Waals surface area (Å²) >= 11 is 2.07. The molecule has 15 heavy (non-hydrogen) atoms. The van der Waals surface area contributed by atoms with Crippen LogP contribution in [0.25, 0.3) is 0 Å². The second-order valence-electron chi connectivity index (χ2n) is 3.36. The Kier molecular flexibility index (Phi) is 5.18. The second-order valence-corrected chi connectivity index (χ2v) is 4.59. The zero-order valence-electron chi connectivity index (χ0n) is 8.81. The lowest BCUT2D eigenvalue weighted by Gasteiger charge is -1.92. The molecule has 0 radical (unpaired) electrons. The summed E-state index contributed by atoms with van der Waals surface area (Å²) in [5.41, 5.74) is 0.884. The highest BCUT2D eigenvalue weighted by Crippen LogP contribution is 2.15. The van der Waals surface area contributed by atoms with Gasteiger partial charge in [-0.3, -0.25) is 10.1 Å². The maximum Gasteiger partial charge on any atom is 0.272 e. The van der Waals surface area contributed by atoms with Gasteiger partial charge in [0.1, 0.15) is 0 Å². The third-order valence-corrected chi connectivity index (χ3v) is 3.29. The summed E-state index contributed by atoms with van der Waals surface area (Å²) in [6.45, 7) is 1.72. The number of para-hydroxylation sites is 1. The number of nitro benzene ring substituents is 1. The van der Waals surface area contributed by atoms with Crippen LogP contribution in [-0.4, -0.2) is 16.4 Å². The molecule has 82 valence electrons. The predicted octanol–water partition coefficient (Wildman–Crippen LogP) is 3.42. The predicted molar refractivity (Wildman–Crippen MR) is 64.4 cm³/mol. The average molecular weight is 225 g/mol. The molecule has 1 saturated heterocycles. The van der Waals surface area contributed by atoms with Crippen LogP contribution >= 0.6 is 11.8 Å². The Hall–Kier alpha value is -1.03. The van der Waals surface area contributed by atoms with Crippen molar-refractivity contribution in [3.05, 3.63) is 39.9 Å². The number of aryl methyl sites for hydroxylation is 1. The largest absolute Gasteiger partial charge is 0.272 e. The van der Waals surface area contributed by atoms with Gasteiger partial charge in [0.25, 0.3) is 5.69 Å². The summed E-state index contributed by atoms with van der Waals surface area (Å²) in [5, 5.41) is 10.2. The molecular weight excluding hydrogens is 210 g/mol. The molecule has 0 spiro atoms. The van der Waals surface area contributed by atoms with E-state index in [4.69, 9.17) is 0 Å². The Labute approximate surface area is 94.0 Å². The van der Waals surface area contributed by atoms with E-state index >= 15 is 0 Å². The maximum atomic E-state index is 10.2. The van der Waals surface area contributed by atoms with Crippen molar-refractivity contribution < 1.29 is 4.92 Å². The van der Waals surface area contributed by atoms with Crippen molar-refractivity contribution in [1.29, 1.82) is 0 Å². The number of benzene rings is 1. The normalized spacial score (nSPS) is 14.2. The van der Waals surface area contributed by atoms with Crippen molar-refractivity contribution in [3.63, 3.8) is 0 Å². The number of hydrogen-bond acceptors (Lipinski definition) is 3. The molecule has 0 N–H and O–H groups in total. The maximum absolute atomic E-state index is 10.2. The minimum absolute atomic E-state index is 0.183. The molecule has 1 aromatic carbocycles. The fraction of sp³-hybridized carbons (Fsp3) is 0.455. The lowest BCUT2D eigenvalue weighted by molar-refractivity contribution is -0.385. The van der Waals surface area contributed by atoms with Crippen LogP contribution < -0.4 is 0 Å². The number of nitro groups is 1. The Bertz CT molecular complexity index is 317. The molecular formula is C11H15NO2S. The van der Waals surface area contributed by atoms with E-state index in [1.165, 1.54) is 30.4 Å². The van der Waals surface area contributed by atoms with Crippen LogP contribution in [-0.2, 0) is 0 Å². The summed E-state index contributed by atoms with van der Waals surface area (Å²) in [6.07, 6.45) is 2.93. The van der Waals surface area contributed by atoms with Crippen molar-refractivity contribution in [2.24, 2.45) is 0 Å². The van der Waals surface area contributed by atoms with Gasteiger partial charge in [0.2, 0.25) is 0 Å². The van der Waals surface area contributed by atoms with E-state index in [1.54, 1.807) is 25.1 Å². The number of hydrogen-bond donors (Lipinski definition) is 0. The first kappa shape index (κ1) is 12.0. The molecule has 1 heterocycles. The Morgan fingerprint density at radius 2 is 1.87 bits per heavy atom. The first-order valence-electron chi connectivity index (χ1n) is 4.99. The Balaban J connectivity index is 0.000000187. The van der Waals surface area contributed by atoms with Gasteiger partial charge in [-0.2, -0.15) is 11.8 Å². The summed E-state index contributed by atoms with van der Waals surface area (Å²) < 4.78 is 0. The van der Waals surface area contributed by atoms with Crippen molar-refractivity contribution in [2.75, 3.05) is 11.5 Å². The van der Waals surface area contributed by atoms with E-state index in [0.717, 1.165) is 0 Å². The molecule has 3 nitrogen and oxygen atoms in total. The van der Waals surface area contributed by atoms with Gasteiger partial charge in [0.15, 0.2) is 0 Å². The molecule has 2 rings (SSSR count). The molecule has 0 saturated carbocycles. The molecule has 0 atom stereocenters. The molecule has 4 heteroatoms. The van der Waals surface area contributed by atoms with Gasteiger partial charge >= 0.3 is 0 Å². The van der Waals surface area contributed by atoms with E-state index in [1.807, 2.05) is 0 Å². The van der Waals surface area contributed by atoms with Crippen LogP contribution in [0.4, 0.5) is 5.69 Å². The molecule has 0 bridgehead atoms. The lowest BCUT2D eigenvalue weighted by atomic mass is 10.2. The van der Waals surface area contributed by atoms with Crippen molar-refractivity contribution in [2.45, 2.75) is 19.8 Å². The van der Waals surface area contributed by atoms with Crippen LogP contribution in [0.3, 0.4) is 0 Å². The van der Waals surface area contributed by atoms with Gasteiger partial charge in [-0.05, 0) is 31.3 Å². The third-order valence-electron chi connectivity index (χ3n) is 2.14. The minimum Gasteiger partial charge on any atom is -0.258 e. The van der Waals surface area contributed by atoms with E-state index in [0.29, 0.717) is 5.56 Å². The molecule has 0 aromatic heterocycles. The highest BCUT2D eigenvalue weighted by atomic mass is 32.2. The summed E-state index contributed by atoms with van der Waals surface area (Å²) in [4.78, 5) is 9.85. The molecule has 1 aliphatic rings. The first-order chi connectivity index (χ1) is 7.22. The summed E-state index contributed by atoms with van der Waals surface area (Å²) in [5.74, 6) is 2.83. The van der Waals surface area contributed by atoms with E-state index in [-0.39, 0.29) is 10.6 Å². The van der Waals surface area contributed by atoms with Gasteiger partial charge in [-0.1, -0.05) is 18.2 Å². The van der Waals surface area contributed by atoms with Gasteiger partial charge in [-0.15, -0.1) is 0 Å². The average Bonchev–Trinajstić information content (AvgIpc) is 2.75. The van der Waals surface area contributed by atoms with Crippen LogP contribution in [0.2, 0.25) is 0 Å². The first-order valence-corrected chi connectivity index (χ1v) is 6.15. The van der Waals surface area contributed by atoms with Crippen LogP contribution in [0.15, 0.2) is 24.3 Å². The van der Waals surface area contributed by atoms with E-state index < -0.39 is 0 Å². The smallest absolute Gasteiger partial charge is 0.258 e. The van der Waals surface area contributed by atoms with Crippen LogP contribution in [0.5, 0.6) is 0 Å². The summed E-state index contributed by atoms with van der Waals surface area (Å²) in [7, 11) is 0. The molecule has 0 aliphatic carbocycles. The standard InChI is InChI=1S/C7H7NO2.C4H8S/c1-6-4-2-3-5-7(6)8(9)10;1-2-4-5-3-1/h2-5H,1H3;1-4H2. The Morgan fingerprint density at radius 3 is 2.20 bits per heavy atom. The van der Waals surface area contributed by atoms with Crippen molar-refractivity contribution in [1.82, 2.24) is 0 Å². The molecule has 1 fully saturated rings. The van der Waals surface area contributed by atoms with Crippen LogP contribution in [0, 0.1) is 17.0 Å². The minimum atomic E-state index is -0.380. The van der Waals surface area contributed by atoms with Gasteiger partial charge < -0.3 is 0 Å². The monoisotopic (exact) mass is 225 g/mol. The lowest BCUT2D eigenvalue weighted by Crippen LogP contribution is -1.89. The molecule has 1 aliphatic heterocycles. The second kappa shape index (κ2) is 6.45. The fourth-order valence-electron chi connectivity index (χ4n) is 1.28. The number of nitrogens with zero attached hydrogens (tertiary/aromatic N) is 1. The fourth-order valence-corrected chi connectivity index (χ4v) is 2.30. The highest BCUT2D eigenvalue weighted by Gasteiger charge is 2.05. The summed E-state index contributed by atoms with van der Waals surface area (Å²) in [6, 6.07) is 6.65. The SMILES string of the molecule is C1CCSC1.Cc1ccccc1[N+](=O)[O-]. The van der Waals surface area contributed by atoms with Gasteiger partial charge in [0.05, 0.1) is 4.92 Å². The topological polar surface area (TPSA) is 43.1 Å². The third kappa shape index (κ3) is 4.34. The molecule has 0 unspecified atom stereocenters. The van der Waals surface area contributed by atoms with Crippen molar-refractivity contribution >= 4 is 17.4 Å². The molecule has 0 amide bonds. The quantitative estimate of drug-likeness (QED) is 0.543. The number of thioether (sulfide) groups is 1. The number of rotatable bonds is 1. The van der Waals surface area contributed by atoms with Crippen LogP contribution in [0.1, 0.15) is 18.4 Å². The Morgan fingerprint density at radius 1 is 1.27 bits per heavy atom. The van der Waals surface area contributed by atoms with Gasteiger partial charge in [-0.25, -0.2) is 0 Å². The molecule has 1 aromatic rings. The van der Waals surface area contributed by atoms with Gasteiger partial charge in [0, 0.05) is 11.6 Å². The van der Waals surface area contributed by atoms with E-state index in [2.05, 4.69) is 11.8 Å². The van der Waals surface area contributed by atoms with Crippen molar-refractivity contribution in [3.8, 4) is 0 Å². The van der Waals surface area contributed by atoms with E-state index in [9.17, 15) is 10.1 Å². The highest BCUT2D eigenvalue weighted by molar-refractivity contribution is 7.99. The zero-order chi connectivity index (χ0) is 11.1. The zero-order valence-corrected chi connectivity index (χ0v) is 9.63.